The van der Waals surface area contributed by atoms with E-state index in [0.717, 1.165) is 0 Å². The number of furan rings is 1. The standard InChI is InChI=1S/C11H12BrNO5/c12-9-3-1-7(18-9)2-4-10(15)13-8(5-6-14)11(16)17/h1-4,8,14H,5-6H2,(H,13,15)(H,16,17)/b4-2+. The Balaban J connectivity index is 2.54. The predicted molar refractivity (Wildman–Crippen MR) is 66.7 cm³/mol. The second kappa shape index (κ2) is 6.97. The Labute approximate surface area is 111 Å². The second-order valence-electron chi connectivity index (χ2n) is 3.39. The van der Waals surface area contributed by atoms with Gasteiger partial charge in [0.05, 0.1) is 0 Å². The molecule has 0 saturated carbocycles. The summed E-state index contributed by atoms with van der Waals surface area (Å²) in [6.45, 7) is -0.313. The normalized spacial score (nSPS) is 12.6. The number of nitrogens with one attached hydrogen (secondary N) is 1. The Morgan fingerprint density at radius 2 is 2.22 bits per heavy atom. The van der Waals surface area contributed by atoms with Crippen molar-refractivity contribution >= 4 is 33.9 Å². The van der Waals surface area contributed by atoms with Gasteiger partial charge in [-0.05, 0) is 34.1 Å². The van der Waals surface area contributed by atoms with Crippen molar-refractivity contribution in [3.05, 3.63) is 28.6 Å². The summed E-state index contributed by atoms with van der Waals surface area (Å²) in [5.74, 6) is -1.29. The van der Waals surface area contributed by atoms with Crippen LogP contribution in [0.25, 0.3) is 6.08 Å². The summed E-state index contributed by atoms with van der Waals surface area (Å²) in [6.07, 6.45) is 2.54. The minimum atomic E-state index is -1.19. The molecule has 6 nitrogen and oxygen atoms in total. The van der Waals surface area contributed by atoms with Crippen LogP contribution < -0.4 is 5.32 Å². The molecule has 98 valence electrons. The van der Waals surface area contributed by atoms with E-state index in [2.05, 4.69) is 21.2 Å². The van der Waals surface area contributed by atoms with Gasteiger partial charge in [-0.2, -0.15) is 0 Å². The number of halogens is 1. The Hall–Kier alpha value is -1.60. The molecule has 0 fully saturated rings. The third-order valence-corrected chi connectivity index (χ3v) is 2.45. The molecule has 0 aliphatic heterocycles. The van der Waals surface area contributed by atoms with Crippen molar-refractivity contribution in [3.8, 4) is 0 Å². The number of amides is 1. The molecule has 1 aromatic rings. The molecule has 1 aromatic heterocycles. The monoisotopic (exact) mass is 317 g/mol. The van der Waals surface area contributed by atoms with Gasteiger partial charge < -0.3 is 19.9 Å². The number of aliphatic hydroxyl groups excluding tert-OH is 1. The molecule has 0 spiro atoms. The second-order valence-corrected chi connectivity index (χ2v) is 4.17. The maximum Gasteiger partial charge on any atom is 0.326 e. The molecular weight excluding hydrogens is 306 g/mol. The largest absolute Gasteiger partial charge is 0.480 e. The molecule has 7 heteroatoms. The molecule has 1 amide bonds. The van der Waals surface area contributed by atoms with Crippen molar-refractivity contribution in [3.63, 3.8) is 0 Å². The lowest BCUT2D eigenvalue weighted by Gasteiger charge is -2.10. The summed E-state index contributed by atoms with van der Waals surface area (Å²) in [5.41, 5.74) is 0. The Morgan fingerprint density at radius 1 is 1.50 bits per heavy atom. The zero-order valence-corrected chi connectivity index (χ0v) is 10.9. The molecule has 18 heavy (non-hydrogen) atoms. The summed E-state index contributed by atoms with van der Waals surface area (Å²) in [5, 5.41) is 19.7. The topological polar surface area (TPSA) is 99.8 Å². The maximum absolute atomic E-state index is 11.4. The first kappa shape index (κ1) is 14.5. The van der Waals surface area contributed by atoms with E-state index in [9.17, 15) is 9.59 Å². The molecule has 0 bridgehead atoms. The highest BCUT2D eigenvalue weighted by molar-refractivity contribution is 9.10. The van der Waals surface area contributed by atoms with Crippen LogP contribution in [0.3, 0.4) is 0 Å². The van der Waals surface area contributed by atoms with Gasteiger partial charge in [-0.3, -0.25) is 4.79 Å². The van der Waals surface area contributed by atoms with Crippen molar-refractivity contribution in [1.82, 2.24) is 5.32 Å². The molecular formula is C11H12BrNO5. The average molecular weight is 318 g/mol. The van der Waals surface area contributed by atoms with Crippen LogP contribution in [0.4, 0.5) is 0 Å². The van der Waals surface area contributed by atoms with E-state index in [1.165, 1.54) is 12.2 Å². The number of aliphatic hydroxyl groups is 1. The van der Waals surface area contributed by atoms with Gasteiger partial charge in [0.15, 0.2) is 4.67 Å². The van der Waals surface area contributed by atoms with Crippen molar-refractivity contribution in [2.75, 3.05) is 6.61 Å². The lowest BCUT2D eigenvalue weighted by Crippen LogP contribution is -2.40. The lowest BCUT2D eigenvalue weighted by molar-refractivity contribution is -0.141. The summed E-state index contributed by atoms with van der Waals surface area (Å²) in [7, 11) is 0. The van der Waals surface area contributed by atoms with Crippen molar-refractivity contribution in [1.29, 1.82) is 0 Å². The van der Waals surface area contributed by atoms with Crippen molar-refractivity contribution in [2.45, 2.75) is 12.5 Å². The van der Waals surface area contributed by atoms with Crippen LogP contribution in [-0.4, -0.2) is 34.7 Å². The van der Waals surface area contributed by atoms with E-state index in [1.807, 2.05) is 0 Å². The third-order valence-electron chi connectivity index (χ3n) is 2.03. The SMILES string of the molecule is O=C(/C=C/c1ccc(Br)o1)NC(CCO)C(=O)O. The fourth-order valence-electron chi connectivity index (χ4n) is 1.18. The molecule has 1 rings (SSSR count). The van der Waals surface area contributed by atoms with Crippen molar-refractivity contribution < 1.29 is 24.2 Å². The lowest BCUT2D eigenvalue weighted by atomic mass is 10.2. The highest BCUT2D eigenvalue weighted by Crippen LogP contribution is 2.14. The zero-order valence-electron chi connectivity index (χ0n) is 9.30. The fraction of sp³-hybridized carbons (Fsp3) is 0.273. The molecule has 0 aromatic carbocycles. The quantitative estimate of drug-likeness (QED) is 0.680. The Morgan fingerprint density at radius 3 is 2.72 bits per heavy atom. The third kappa shape index (κ3) is 4.72. The molecule has 0 aliphatic carbocycles. The first-order chi connectivity index (χ1) is 8.52. The number of aliphatic carboxylic acids is 1. The molecule has 1 heterocycles. The molecule has 1 atom stereocenters. The summed E-state index contributed by atoms with van der Waals surface area (Å²) < 4.78 is 5.66. The first-order valence-electron chi connectivity index (χ1n) is 5.10. The van der Waals surface area contributed by atoms with Crippen LogP contribution >= 0.6 is 15.9 Å². The number of hydrogen-bond acceptors (Lipinski definition) is 4. The van der Waals surface area contributed by atoms with Crippen LogP contribution in [0.15, 0.2) is 27.3 Å². The summed E-state index contributed by atoms with van der Waals surface area (Å²) in [6, 6.07) is 2.22. The number of carboxylic acid groups (broad SMARTS) is 1. The molecule has 1 unspecified atom stereocenters. The van der Waals surface area contributed by atoms with E-state index in [1.54, 1.807) is 12.1 Å². The van der Waals surface area contributed by atoms with Crippen LogP contribution in [0.2, 0.25) is 0 Å². The highest BCUT2D eigenvalue weighted by Gasteiger charge is 2.17. The van der Waals surface area contributed by atoms with Gasteiger partial charge >= 0.3 is 5.97 Å². The van der Waals surface area contributed by atoms with Crippen LogP contribution in [0.1, 0.15) is 12.2 Å². The minimum absolute atomic E-state index is 0.0405. The minimum Gasteiger partial charge on any atom is -0.480 e. The number of hydrogen-bond donors (Lipinski definition) is 3. The van der Waals surface area contributed by atoms with Crippen LogP contribution in [0.5, 0.6) is 0 Å². The molecule has 0 aliphatic rings. The molecule has 3 N–H and O–H groups in total. The number of rotatable bonds is 6. The van der Waals surface area contributed by atoms with E-state index in [4.69, 9.17) is 14.6 Å². The summed E-state index contributed by atoms with van der Waals surface area (Å²) >= 11 is 3.11. The molecule has 0 radical (unpaired) electrons. The van der Waals surface area contributed by atoms with Gasteiger partial charge in [-0.15, -0.1) is 0 Å². The van der Waals surface area contributed by atoms with E-state index in [0.29, 0.717) is 10.4 Å². The van der Waals surface area contributed by atoms with Crippen molar-refractivity contribution in [2.24, 2.45) is 0 Å². The number of carbonyl (C=O) groups is 2. The Bertz CT molecular complexity index is 454. The average Bonchev–Trinajstić information content (AvgIpc) is 2.72. The van der Waals surface area contributed by atoms with Crippen LogP contribution in [-0.2, 0) is 9.59 Å². The predicted octanol–water partition coefficient (Wildman–Crippen LogP) is 1.01. The van der Waals surface area contributed by atoms with Gasteiger partial charge in [0.2, 0.25) is 5.91 Å². The Kier molecular flexibility index (Phi) is 5.60. The fourth-order valence-corrected chi connectivity index (χ4v) is 1.50. The molecule has 0 saturated heterocycles. The van der Waals surface area contributed by atoms with Gasteiger partial charge in [-0.1, -0.05) is 0 Å². The first-order valence-corrected chi connectivity index (χ1v) is 5.90. The highest BCUT2D eigenvalue weighted by atomic mass is 79.9. The van der Waals surface area contributed by atoms with E-state index >= 15 is 0 Å². The maximum atomic E-state index is 11.4. The van der Waals surface area contributed by atoms with E-state index < -0.39 is 17.9 Å². The van der Waals surface area contributed by atoms with Gasteiger partial charge in [0.1, 0.15) is 11.8 Å². The van der Waals surface area contributed by atoms with E-state index in [-0.39, 0.29) is 13.0 Å². The number of carboxylic acids is 1. The zero-order chi connectivity index (χ0) is 13.5. The van der Waals surface area contributed by atoms with Gasteiger partial charge in [0.25, 0.3) is 0 Å². The number of carbonyl (C=O) groups excluding carboxylic acids is 1. The van der Waals surface area contributed by atoms with Gasteiger partial charge in [-0.25, -0.2) is 4.79 Å². The smallest absolute Gasteiger partial charge is 0.326 e. The summed E-state index contributed by atoms with van der Waals surface area (Å²) in [4.78, 5) is 22.1. The van der Waals surface area contributed by atoms with Gasteiger partial charge in [0, 0.05) is 19.1 Å². The van der Waals surface area contributed by atoms with Crippen LogP contribution in [0, 0.1) is 0 Å².